The number of nitrogens with one attached hydrogen (secondary N) is 1. The van der Waals surface area contributed by atoms with E-state index in [9.17, 15) is 0 Å². The highest BCUT2D eigenvalue weighted by molar-refractivity contribution is 5.53. The van der Waals surface area contributed by atoms with Gasteiger partial charge in [-0.1, -0.05) is 76.6 Å². The molecule has 1 aliphatic rings. The van der Waals surface area contributed by atoms with Crippen LogP contribution in [0.25, 0.3) is 11.5 Å². The quantitative estimate of drug-likeness (QED) is 0.198. The molecule has 3 aromatic rings. The van der Waals surface area contributed by atoms with E-state index < -0.39 is 0 Å². The maximum atomic E-state index is 6.18. The van der Waals surface area contributed by atoms with E-state index >= 15 is 0 Å². The van der Waals surface area contributed by atoms with Gasteiger partial charge in [-0.2, -0.15) is 5.10 Å². The topological polar surface area (TPSA) is 72.8 Å². The number of aryl methyl sites for hydroxylation is 2. The molecule has 0 radical (unpaired) electrons. The van der Waals surface area contributed by atoms with E-state index in [-0.39, 0.29) is 0 Å². The maximum Gasteiger partial charge on any atom is 0.180 e. The lowest BCUT2D eigenvalue weighted by Crippen LogP contribution is -2.31. The second-order valence-electron chi connectivity index (χ2n) is 11.2. The van der Waals surface area contributed by atoms with Gasteiger partial charge < -0.3 is 10.1 Å². The molecule has 2 aromatic heterocycles. The van der Waals surface area contributed by atoms with Crippen LogP contribution >= 0.6 is 0 Å². The van der Waals surface area contributed by atoms with Crippen molar-refractivity contribution in [3.8, 4) is 11.5 Å². The predicted octanol–water partition coefficient (Wildman–Crippen LogP) is 7.19. The molecule has 39 heavy (non-hydrogen) atoms. The Morgan fingerprint density at radius 2 is 1.74 bits per heavy atom. The minimum absolute atomic E-state index is 0.370. The van der Waals surface area contributed by atoms with Crippen LogP contribution in [0, 0.1) is 6.92 Å². The zero-order chi connectivity index (χ0) is 27.3. The SMILES string of the molecule is CCCCCCCCC(C)c1ccc([C@H]2CCN[C@@H]2COCCCc2cc(C)nnc2-c2ncccn2)cc1. The molecule has 6 nitrogen and oxygen atoms in total. The van der Waals surface area contributed by atoms with E-state index in [1.165, 1.54) is 62.5 Å². The van der Waals surface area contributed by atoms with E-state index in [1.54, 1.807) is 12.4 Å². The van der Waals surface area contributed by atoms with Crippen LogP contribution in [0.1, 0.15) is 106 Å². The van der Waals surface area contributed by atoms with Crippen molar-refractivity contribution in [1.82, 2.24) is 25.5 Å². The smallest absolute Gasteiger partial charge is 0.180 e. The molecule has 0 spiro atoms. The Balaban J connectivity index is 1.21. The van der Waals surface area contributed by atoms with Crippen molar-refractivity contribution in [2.45, 2.75) is 103 Å². The average Bonchev–Trinajstić information content (AvgIpc) is 3.44. The van der Waals surface area contributed by atoms with Gasteiger partial charge in [-0.15, -0.1) is 5.10 Å². The van der Waals surface area contributed by atoms with Crippen LogP contribution in [-0.2, 0) is 11.2 Å². The standard InChI is InChI=1S/C33H47N5O/c1-4-5-6-7-8-9-12-25(2)27-14-16-28(17-15-27)30-18-21-34-31(30)24-39-22-10-13-29-23-26(3)37-38-32(29)33-35-19-11-20-36-33/h11,14-17,19-20,23,25,30-31,34H,4-10,12-13,18,21-22,24H2,1-3H3/t25?,30-,31-/m1/s1. The van der Waals surface area contributed by atoms with Gasteiger partial charge in [0.2, 0.25) is 0 Å². The van der Waals surface area contributed by atoms with Crippen LogP contribution in [0.15, 0.2) is 48.8 Å². The summed E-state index contributed by atoms with van der Waals surface area (Å²) >= 11 is 0. The minimum atomic E-state index is 0.370. The monoisotopic (exact) mass is 529 g/mol. The van der Waals surface area contributed by atoms with Gasteiger partial charge in [0.15, 0.2) is 5.82 Å². The summed E-state index contributed by atoms with van der Waals surface area (Å²) in [4.78, 5) is 8.72. The van der Waals surface area contributed by atoms with Gasteiger partial charge in [-0.05, 0) is 73.9 Å². The number of nitrogens with zero attached hydrogens (tertiary/aromatic N) is 4. The molecule has 1 N–H and O–H groups in total. The summed E-state index contributed by atoms with van der Waals surface area (Å²) in [7, 11) is 0. The molecular formula is C33H47N5O. The van der Waals surface area contributed by atoms with Crippen molar-refractivity contribution in [3.05, 3.63) is 71.2 Å². The van der Waals surface area contributed by atoms with Crippen molar-refractivity contribution in [2.24, 2.45) is 0 Å². The largest absolute Gasteiger partial charge is 0.380 e. The minimum Gasteiger partial charge on any atom is -0.380 e. The van der Waals surface area contributed by atoms with Crippen LogP contribution in [0.4, 0.5) is 0 Å². The summed E-state index contributed by atoms with van der Waals surface area (Å²) in [6.45, 7) is 9.15. The highest BCUT2D eigenvalue weighted by Crippen LogP contribution is 2.30. The third-order valence-electron chi connectivity index (χ3n) is 8.08. The Bertz CT molecular complexity index is 1100. The van der Waals surface area contributed by atoms with Crippen molar-refractivity contribution in [1.29, 1.82) is 0 Å². The first-order valence-corrected chi connectivity index (χ1v) is 15.2. The molecule has 0 aliphatic carbocycles. The Morgan fingerprint density at radius 1 is 0.974 bits per heavy atom. The molecule has 0 amide bonds. The van der Waals surface area contributed by atoms with E-state index in [1.807, 2.05) is 13.0 Å². The average molecular weight is 530 g/mol. The second kappa shape index (κ2) is 15.8. The van der Waals surface area contributed by atoms with Crippen LogP contribution in [0.3, 0.4) is 0 Å². The lowest BCUT2D eigenvalue weighted by molar-refractivity contribution is 0.110. The molecule has 1 aliphatic heterocycles. The summed E-state index contributed by atoms with van der Waals surface area (Å²) in [5.41, 5.74) is 5.72. The Kier molecular flexibility index (Phi) is 11.9. The molecule has 1 aromatic carbocycles. The number of benzene rings is 1. The van der Waals surface area contributed by atoms with Crippen molar-refractivity contribution in [3.63, 3.8) is 0 Å². The zero-order valence-corrected chi connectivity index (χ0v) is 24.2. The zero-order valence-electron chi connectivity index (χ0n) is 24.2. The molecule has 1 saturated heterocycles. The highest BCUT2D eigenvalue weighted by atomic mass is 16.5. The predicted molar refractivity (Wildman–Crippen MR) is 159 cm³/mol. The number of hydrogen-bond acceptors (Lipinski definition) is 6. The molecule has 3 heterocycles. The van der Waals surface area contributed by atoms with Gasteiger partial charge in [0.1, 0.15) is 5.69 Å². The van der Waals surface area contributed by atoms with Crippen molar-refractivity contribution >= 4 is 0 Å². The number of rotatable bonds is 16. The van der Waals surface area contributed by atoms with E-state index in [0.29, 0.717) is 23.7 Å². The molecule has 1 unspecified atom stereocenters. The van der Waals surface area contributed by atoms with Gasteiger partial charge in [0, 0.05) is 31.0 Å². The van der Waals surface area contributed by atoms with Gasteiger partial charge in [0.25, 0.3) is 0 Å². The highest BCUT2D eigenvalue weighted by Gasteiger charge is 2.28. The summed E-state index contributed by atoms with van der Waals surface area (Å²) in [5, 5.41) is 12.3. The number of unbranched alkanes of at least 4 members (excludes halogenated alkanes) is 5. The third kappa shape index (κ3) is 8.91. The maximum absolute atomic E-state index is 6.18. The molecule has 4 rings (SSSR count). The summed E-state index contributed by atoms with van der Waals surface area (Å²) in [6, 6.07) is 13.7. The third-order valence-corrected chi connectivity index (χ3v) is 8.08. The summed E-state index contributed by atoms with van der Waals surface area (Å²) in [5.74, 6) is 1.78. The molecule has 0 saturated carbocycles. The number of ether oxygens (including phenoxy) is 1. The van der Waals surface area contributed by atoms with Crippen molar-refractivity contribution < 1.29 is 4.74 Å². The van der Waals surface area contributed by atoms with Gasteiger partial charge in [-0.25, -0.2) is 9.97 Å². The number of hydrogen-bond donors (Lipinski definition) is 1. The molecule has 3 atom stereocenters. The first-order chi connectivity index (χ1) is 19.2. The fraction of sp³-hybridized carbons (Fsp3) is 0.576. The van der Waals surface area contributed by atoms with Crippen molar-refractivity contribution in [2.75, 3.05) is 19.8 Å². The molecular weight excluding hydrogens is 482 g/mol. The number of aromatic nitrogens is 4. The first kappa shape index (κ1) is 29.3. The molecule has 0 bridgehead atoms. The van der Waals surface area contributed by atoms with E-state index in [0.717, 1.165) is 49.6 Å². The normalized spacial score (nSPS) is 17.9. The van der Waals surface area contributed by atoms with Crippen LogP contribution < -0.4 is 5.32 Å². The van der Waals surface area contributed by atoms with Gasteiger partial charge >= 0.3 is 0 Å². The Labute approximate surface area is 235 Å². The fourth-order valence-corrected chi connectivity index (χ4v) is 5.73. The van der Waals surface area contributed by atoms with Gasteiger partial charge in [-0.3, -0.25) is 0 Å². The Hall–Kier alpha value is -2.70. The van der Waals surface area contributed by atoms with E-state index in [2.05, 4.69) is 69.7 Å². The first-order valence-electron chi connectivity index (χ1n) is 15.2. The van der Waals surface area contributed by atoms with E-state index in [4.69, 9.17) is 4.74 Å². The fourth-order valence-electron chi connectivity index (χ4n) is 5.73. The van der Waals surface area contributed by atoms with Gasteiger partial charge in [0.05, 0.1) is 12.3 Å². The second-order valence-corrected chi connectivity index (χ2v) is 11.2. The van der Waals surface area contributed by atoms with Crippen LogP contribution in [0.5, 0.6) is 0 Å². The lowest BCUT2D eigenvalue weighted by Gasteiger charge is -2.21. The summed E-state index contributed by atoms with van der Waals surface area (Å²) < 4.78 is 6.18. The summed E-state index contributed by atoms with van der Waals surface area (Å²) in [6.07, 6.45) is 15.9. The lowest BCUT2D eigenvalue weighted by atomic mass is 9.89. The molecule has 210 valence electrons. The molecule has 6 heteroatoms. The Morgan fingerprint density at radius 3 is 2.54 bits per heavy atom. The molecule has 1 fully saturated rings. The van der Waals surface area contributed by atoms with Crippen LogP contribution in [-0.4, -0.2) is 46.0 Å². The van der Waals surface area contributed by atoms with Crippen LogP contribution in [0.2, 0.25) is 0 Å².